The second-order valence-electron chi connectivity index (χ2n) is 4.98. The Labute approximate surface area is 137 Å². The van der Waals surface area contributed by atoms with E-state index in [1.54, 1.807) is 6.92 Å². The van der Waals surface area contributed by atoms with E-state index >= 15 is 0 Å². The number of carboxylic acids is 2. The molecule has 2 amide bonds. The lowest BCUT2D eigenvalue weighted by Crippen LogP contribution is -2.66. The SMILES string of the molecule is CCCC(=O)C(C=O)(NC(=O)CCC(=O)O)NC(=O)CCC(=O)O. The van der Waals surface area contributed by atoms with Crippen LogP contribution < -0.4 is 10.6 Å². The van der Waals surface area contributed by atoms with Crippen LogP contribution in [0.4, 0.5) is 0 Å². The summed E-state index contributed by atoms with van der Waals surface area (Å²) in [5.41, 5.74) is -2.33. The van der Waals surface area contributed by atoms with Gasteiger partial charge >= 0.3 is 11.9 Å². The van der Waals surface area contributed by atoms with Crippen LogP contribution in [-0.2, 0) is 28.8 Å². The molecule has 0 aromatic rings. The van der Waals surface area contributed by atoms with Gasteiger partial charge in [0.05, 0.1) is 12.8 Å². The number of aldehydes is 1. The van der Waals surface area contributed by atoms with Crippen LogP contribution in [0.25, 0.3) is 0 Å². The molecule has 0 heterocycles. The largest absolute Gasteiger partial charge is 0.481 e. The number of aliphatic carboxylic acids is 2. The van der Waals surface area contributed by atoms with Crippen molar-refractivity contribution in [2.24, 2.45) is 0 Å². The summed E-state index contributed by atoms with van der Waals surface area (Å²) >= 11 is 0. The van der Waals surface area contributed by atoms with E-state index in [2.05, 4.69) is 0 Å². The Morgan fingerprint density at radius 3 is 1.54 bits per heavy atom. The van der Waals surface area contributed by atoms with E-state index in [0.717, 1.165) is 0 Å². The molecular weight excluding hydrogens is 324 g/mol. The Morgan fingerprint density at radius 1 is 0.833 bits per heavy atom. The molecule has 0 aliphatic rings. The van der Waals surface area contributed by atoms with Gasteiger partial charge in [0, 0.05) is 19.3 Å². The summed E-state index contributed by atoms with van der Waals surface area (Å²) in [5, 5.41) is 21.2. The van der Waals surface area contributed by atoms with Crippen LogP contribution in [0.15, 0.2) is 0 Å². The Morgan fingerprint density at radius 2 is 1.25 bits per heavy atom. The molecule has 10 heteroatoms. The summed E-state index contributed by atoms with van der Waals surface area (Å²) < 4.78 is 0. The maximum Gasteiger partial charge on any atom is 0.303 e. The highest BCUT2D eigenvalue weighted by Gasteiger charge is 2.40. The van der Waals surface area contributed by atoms with Crippen molar-refractivity contribution in [2.45, 2.75) is 51.1 Å². The summed E-state index contributed by atoms with van der Waals surface area (Å²) in [6.45, 7) is 1.64. The number of carbonyl (C=O) groups excluding carboxylic acids is 4. The highest BCUT2D eigenvalue weighted by molar-refractivity contribution is 6.08. The van der Waals surface area contributed by atoms with E-state index in [9.17, 15) is 28.8 Å². The Bertz CT molecular complexity index is 497. The molecule has 0 atom stereocenters. The second kappa shape index (κ2) is 10.1. The average molecular weight is 344 g/mol. The van der Waals surface area contributed by atoms with Gasteiger partial charge in [-0.05, 0) is 6.42 Å². The third kappa shape index (κ3) is 7.47. The van der Waals surface area contributed by atoms with Gasteiger partial charge in [0.25, 0.3) is 0 Å². The number of hydrogen-bond donors (Lipinski definition) is 4. The maximum absolute atomic E-state index is 12.2. The number of amides is 2. The lowest BCUT2D eigenvalue weighted by molar-refractivity contribution is -0.143. The lowest BCUT2D eigenvalue weighted by atomic mass is 10.0. The van der Waals surface area contributed by atoms with Crippen molar-refractivity contribution >= 4 is 35.8 Å². The predicted octanol–water partition coefficient (Wildman–Crippen LogP) is -0.787. The van der Waals surface area contributed by atoms with Gasteiger partial charge in [-0.1, -0.05) is 6.92 Å². The van der Waals surface area contributed by atoms with Gasteiger partial charge in [0.15, 0.2) is 12.1 Å². The molecule has 0 unspecified atom stereocenters. The van der Waals surface area contributed by atoms with Crippen LogP contribution in [0.1, 0.15) is 45.4 Å². The van der Waals surface area contributed by atoms with Crippen LogP contribution in [0, 0.1) is 0 Å². The van der Waals surface area contributed by atoms with E-state index in [4.69, 9.17) is 10.2 Å². The average Bonchev–Trinajstić information content (AvgIpc) is 2.50. The highest BCUT2D eigenvalue weighted by atomic mass is 16.4. The number of ketones is 1. The van der Waals surface area contributed by atoms with Gasteiger partial charge in [-0.2, -0.15) is 0 Å². The number of hydrogen-bond acceptors (Lipinski definition) is 6. The first-order chi connectivity index (χ1) is 11.2. The van der Waals surface area contributed by atoms with E-state index in [1.807, 2.05) is 10.6 Å². The number of carbonyl (C=O) groups is 6. The standard InChI is InChI=1S/C14H20N2O8/c1-2-3-9(18)14(8-17,15-10(19)4-6-12(21)22)16-11(20)5-7-13(23)24/h8H,2-7H2,1H3,(H,15,19)(H,16,20)(H,21,22)(H,23,24). The third-order valence-corrected chi connectivity index (χ3v) is 2.90. The summed E-state index contributed by atoms with van der Waals surface area (Å²) in [5.74, 6) is -5.09. The minimum absolute atomic E-state index is 0.0440. The minimum atomic E-state index is -2.33. The third-order valence-electron chi connectivity index (χ3n) is 2.90. The van der Waals surface area contributed by atoms with Crippen molar-refractivity contribution in [3.63, 3.8) is 0 Å². The minimum Gasteiger partial charge on any atom is -0.481 e. The molecule has 0 rings (SSSR count). The molecule has 4 N–H and O–H groups in total. The van der Waals surface area contributed by atoms with Crippen molar-refractivity contribution in [1.29, 1.82) is 0 Å². The number of Topliss-reactive ketones (excluding diaryl/α,β-unsaturated/α-hetero) is 1. The van der Waals surface area contributed by atoms with Crippen molar-refractivity contribution in [1.82, 2.24) is 10.6 Å². The molecule has 10 nitrogen and oxygen atoms in total. The highest BCUT2D eigenvalue weighted by Crippen LogP contribution is 2.07. The number of carboxylic acid groups (broad SMARTS) is 2. The Hall–Kier alpha value is -2.78. The topological polar surface area (TPSA) is 167 Å². The van der Waals surface area contributed by atoms with E-state index in [0.29, 0.717) is 6.42 Å². The van der Waals surface area contributed by atoms with Gasteiger partial charge in [-0.25, -0.2) is 0 Å². The van der Waals surface area contributed by atoms with Gasteiger partial charge in [-0.15, -0.1) is 0 Å². The lowest BCUT2D eigenvalue weighted by Gasteiger charge is -2.28. The van der Waals surface area contributed by atoms with Crippen molar-refractivity contribution in [2.75, 3.05) is 0 Å². The number of rotatable bonds is 12. The normalized spacial score (nSPS) is 10.5. The molecule has 134 valence electrons. The van der Waals surface area contributed by atoms with Crippen molar-refractivity contribution < 1.29 is 39.0 Å². The monoisotopic (exact) mass is 344 g/mol. The molecule has 0 saturated heterocycles. The van der Waals surface area contributed by atoms with Crippen LogP contribution >= 0.6 is 0 Å². The summed E-state index contributed by atoms with van der Waals surface area (Å²) in [6.07, 6.45) is -1.76. The van der Waals surface area contributed by atoms with Gasteiger partial charge < -0.3 is 20.8 Å². The molecule has 0 aromatic heterocycles. The maximum atomic E-state index is 12.2. The zero-order valence-electron chi connectivity index (χ0n) is 13.2. The number of nitrogens with one attached hydrogen (secondary N) is 2. The first kappa shape index (κ1) is 21.2. The quantitative estimate of drug-likeness (QED) is 0.203. The molecule has 0 spiro atoms. The van der Waals surface area contributed by atoms with Crippen LogP contribution in [0.5, 0.6) is 0 Å². The fourth-order valence-corrected chi connectivity index (χ4v) is 1.73. The van der Waals surface area contributed by atoms with Crippen molar-refractivity contribution in [3.05, 3.63) is 0 Å². The van der Waals surface area contributed by atoms with Gasteiger partial charge in [-0.3, -0.25) is 28.8 Å². The first-order valence-electron chi connectivity index (χ1n) is 7.22. The zero-order valence-corrected chi connectivity index (χ0v) is 13.2. The molecular formula is C14H20N2O8. The zero-order chi connectivity index (χ0) is 18.8. The molecule has 0 fully saturated rings. The smallest absolute Gasteiger partial charge is 0.303 e. The first-order valence-corrected chi connectivity index (χ1v) is 7.22. The summed E-state index contributed by atoms with van der Waals surface area (Å²) in [4.78, 5) is 68.0. The second-order valence-corrected chi connectivity index (χ2v) is 4.98. The summed E-state index contributed by atoms with van der Waals surface area (Å²) in [7, 11) is 0. The molecule has 0 aliphatic heterocycles. The van der Waals surface area contributed by atoms with E-state index < -0.39 is 60.9 Å². The molecule has 0 saturated carbocycles. The van der Waals surface area contributed by atoms with Crippen LogP contribution in [-0.4, -0.2) is 51.7 Å². The molecule has 24 heavy (non-hydrogen) atoms. The fourth-order valence-electron chi connectivity index (χ4n) is 1.73. The molecule has 0 aliphatic carbocycles. The summed E-state index contributed by atoms with van der Waals surface area (Å²) in [6, 6.07) is 0. The van der Waals surface area contributed by atoms with Crippen LogP contribution in [0.3, 0.4) is 0 Å². The van der Waals surface area contributed by atoms with E-state index in [-0.39, 0.29) is 12.7 Å². The van der Waals surface area contributed by atoms with Gasteiger partial charge in [0.1, 0.15) is 0 Å². The molecule has 0 radical (unpaired) electrons. The van der Waals surface area contributed by atoms with Crippen molar-refractivity contribution in [3.8, 4) is 0 Å². The Kier molecular flexibility index (Phi) is 8.91. The van der Waals surface area contributed by atoms with Crippen LogP contribution in [0.2, 0.25) is 0 Å². The fraction of sp³-hybridized carbons (Fsp3) is 0.571. The van der Waals surface area contributed by atoms with E-state index in [1.165, 1.54) is 0 Å². The van der Waals surface area contributed by atoms with Gasteiger partial charge in [0.2, 0.25) is 17.5 Å². The predicted molar refractivity (Wildman–Crippen MR) is 78.7 cm³/mol. The Balaban J connectivity index is 5.19. The molecule has 0 bridgehead atoms. The molecule has 0 aromatic carbocycles.